The molecule has 0 radical (unpaired) electrons. The number of nitrogens with one attached hydrogen (secondary N) is 1. The molecule has 0 unspecified atom stereocenters. The van der Waals surface area contributed by atoms with E-state index in [9.17, 15) is 4.39 Å². The lowest BCUT2D eigenvalue weighted by Gasteiger charge is -2.00. The van der Waals surface area contributed by atoms with E-state index in [2.05, 4.69) is 10.3 Å². The largest absolute Gasteiger partial charge is 0.310 e. The maximum absolute atomic E-state index is 12.4. The summed E-state index contributed by atoms with van der Waals surface area (Å²) in [6, 6.07) is 3.84. The predicted octanol–water partition coefficient (Wildman–Crippen LogP) is 1.47. The van der Waals surface area contributed by atoms with Gasteiger partial charge >= 0.3 is 0 Å². The minimum atomic E-state index is -0.412. The summed E-state index contributed by atoms with van der Waals surface area (Å²) in [6.07, 6.45) is 4.12. The first-order valence-electron chi connectivity index (χ1n) is 4.18. The highest BCUT2D eigenvalue weighted by Crippen LogP contribution is 2.19. The molecule has 0 saturated heterocycles. The monoisotopic (exact) mass is 166 g/mol. The zero-order chi connectivity index (χ0) is 8.39. The Morgan fingerprint density at radius 1 is 1.50 bits per heavy atom. The van der Waals surface area contributed by atoms with Crippen molar-refractivity contribution in [3.8, 4) is 0 Å². The van der Waals surface area contributed by atoms with Gasteiger partial charge in [0.1, 0.15) is 0 Å². The van der Waals surface area contributed by atoms with Crippen molar-refractivity contribution in [1.82, 2.24) is 10.3 Å². The van der Waals surface area contributed by atoms with Gasteiger partial charge < -0.3 is 5.32 Å². The van der Waals surface area contributed by atoms with E-state index in [0.29, 0.717) is 6.04 Å². The molecular weight excluding hydrogens is 155 g/mol. The van der Waals surface area contributed by atoms with Gasteiger partial charge in [0.15, 0.2) is 0 Å². The van der Waals surface area contributed by atoms with Crippen molar-refractivity contribution < 1.29 is 4.39 Å². The lowest BCUT2D eigenvalue weighted by Crippen LogP contribution is -2.15. The second-order valence-corrected chi connectivity index (χ2v) is 3.14. The normalized spacial score (nSPS) is 16.4. The molecule has 0 spiro atoms. The van der Waals surface area contributed by atoms with Crippen LogP contribution < -0.4 is 5.32 Å². The van der Waals surface area contributed by atoms with Crippen LogP contribution in [-0.4, -0.2) is 11.0 Å². The maximum Gasteiger partial charge on any atom is 0.212 e. The quantitative estimate of drug-likeness (QED) is 0.688. The molecule has 3 heteroatoms. The molecule has 0 bridgehead atoms. The molecule has 1 fully saturated rings. The van der Waals surface area contributed by atoms with Crippen LogP contribution in [0.25, 0.3) is 0 Å². The van der Waals surface area contributed by atoms with Crippen LogP contribution in [0.4, 0.5) is 4.39 Å². The summed E-state index contributed by atoms with van der Waals surface area (Å²) in [6.45, 7) is 0.804. The Bertz CT molecular complexity index is 254. The number of hydrogen-bond acceptors (Lipinski definition) is 2. The minimum Gasteiger partial charge on any atom is -0.310 e. The molecule has 12 heavy (non-hydrogen) atoms. The van der Waals surface area contributed by atoms with E-state index in [1.54, 1.807) is 12.3 Å². The second-order valence-electron chi connectivity index (χ2n) is 3.14. The van der Waals surface area contributed by atoms with Crippen molar-refractivity contribution in [1.29, 1.82) is 0 Å². The van der Waals surface area contributed by atoms with Crippen molar-refractivity contribution in [3.05, 3.63) is 29.8 Å². The lowest BCUT2D eigenvalue weighted by atomic mass is 10.3. The summed E-state index contributed by atoms with van der Waals surface area (Å²) in [5, 5.41) is 3.33. The van der Waals surface area contributed by atoms with Crippen LogP contribution >= 0.6 is 0 Å². The number of aromatic nitrogens is 1. The van der Waals surface area contributed by atoms with Gasteiger partial charge in [-0.25, -0.2) is 4.98 Å². The van der Waals surface area contributed by atoms with Gasteiger partial charge in [0, 0.05) is 18.8 Å². The van der Waals surface area contributed by atoms with Gasteiger partial charge in [-0.15, -0.1) is 0 Å². The van der Waals surface area contributed by atoms with Crippen LogP contribution in [0.5, 0.6) is 0 Å². The van der Waals surface area contributed by atoms with Crippen molar-refractivity contribution in [2.45, 2.75) is 25.4 Å². The lowest BCUT2D eigenvalue weighted by molar-refractivity contribution is 0.580. The minimum absolute atomic E-state index is 0.412. The maximum atomic E-state index is 12.4. The third-order valence-electron chi connectivity index (χ3n) is 1.96. The van der Waals surface area contributed by atoms with Crippen LogP contribution in [0.15, 0.2) is 18.3 Å². The Labute approximate surface area is 70.8 Å². The molecule has 0 aromatic carbocycles. The first-order chi connectivity index (χ1) is 5.84. The fourth-order valence-electron chi connectivity index (χ4n) is 1.06. The summed E-state index contributed by atoms with van der Waals surface area (Å²) in [4.78, 5) is 3.57. The molecule has 1 N–H and O–H groups in total. The molecule has 0 atom stereocenters. The fourth-order valence-corrected chi connectivity index (χ4v) is 1.06. The van der Waals surface area contributed by atoms with Gasteiger partial charge in [0.05, 0.1) is 0 Å². The Morgan fingerprint density at radius 2 is 2.33 bits per heavy atom. The van der Waals surface area contributed by atoms with Gasteiger partial charge in [-0.05, 0) is 24.5 Å². The van der Waals surface area contributed by atoms with Gasteiger partial charge in [-0.2, -0.15) is 4.39 Å². The smallest absolute Gasteiger partial charge is 0.212 e. The molecule has 2 rings (SSSR count). The molecule has 1 heterocycles. The third kappa shape index (κ3) is 2.01. The molecule has 1 aliphatic carbocycles. The first-order valence-corrected chi connectivity index (χ1v) is 4.18. The summed E-state index contributed by atoms with van der Waals surface area (Å²) in [7, 11) is 0. The summed E-state index contributed by atoms with van der Waals surface area (Å²) < 4.78 is 12.4. The molecule has 1 aliphatic rings. The molecular formula is C9H11FN2. The van der Waals surface area contributed by atoms with Gasteiger partial charge in [0.2, 0.25) is 5.95 Å². The fraction of sp³-hybridized carbons (Fsp3) is 0.444. The molecule has 0 amide bonds. The molecule has 1 saturated carbocycles. The van der Waals surface area contributed by atoms with Crippen molar-refractivity contribution in [2.24, 2.45) is 0 Å². The second kappa shape index (κ2) is 3.19. The Hall–Kier alpha value is -0.960. The number of rotatable bonds is 3. The zero-order valence-corrected chi connectivity index (χ0v) is 6.76. The van der Waals surface area contributed by atoms with E-state index >= 15 is 0 Å². The molecule has 0 aliphatic heterocycles. The highest BCUT2D eigenvalue weighted by Gasteiger charge is 2.19. The average molecular weight is 166 g/mol. The van der Waals surface area contributed by atoms with E-state index in [4.69, 9.17) is 0 Å². The molecule has 2 nitrogen and oxygen atoms in total. The van der Waals surface area contributed by atoms with Gasteiger partial charge in [-0.1, -0.05) is 6.07 Å². The summed E-state index contributed by atoms with van der Waals surface area (Å²) in [5.41, 5.74) is 1.04. The van der Waals surface area contributed by atoms with Crippen molar-refractivity contribution in [2.75, 3.05) is 0 Å². The third-order valence-corrected chi connectivity index (χ3v) is 1.96. The summed E-state index contributed by atoms with van der Waals surface area (Å²) >= 11 is 0. The molecule has 1 aromatic heterocycles. The highest BCUT2D eigenvalue weighted by molar-refractivity contribution is 5.09. The summed E-state index contributed by atoms with van der Waals surface area (Å²) in [5.74, 6) is -0.412. The Kier molecular flexibility index (Phi) is 2.04. The number of halogens is 1. The van der Waals surface area contributed by atoms with Gasteiger partial charge in [-0.3, -0.25) is 0 Å². The SMILES string of the molecule is Fc1ccc(CNC2CC2)cn1. The van der Waals surface area contributed by atoms with Crippen LogP contribution in [0.3, 0.4) is 0 Å². The highest BCUT2D eigenvalue weighted by atomic mass is 19.1. The number of nitrogens with zero attached hydrogens (tertiary/aromatic N) is 1. The zero-order valence-electron chi connectivity index (χ0n) is 6.76. The van der Waals surface area contributed by atoms with Crippen molar-refractivity contribution >= 4 is 0 Å². The van der Waals surface area contributed by atoms with E-state index in [1.165, 1.54) is 18.9 Å². The Morgan fingerprint density at radius 3 is 2.92 bits per heavy atom. The molecule has 1 aromatic rings. The van der Waals surface area contributed by atoms with Crippen molar-refractivity contribution in [3.63, 3.8) is 0 Å². The average Bonchev–Trinajstić information content (AvgIpc) is 2.87. The first kappa shape index (κ1) is 7.68. The van der Waals surface area contributed by atoms with E-state index in [0.717, 1.165) is 12.1 Å². The van der Waals surface area contributed by atoms with Gasteiger partial charge in [0.25, 0.3) is 0 Å². The van der Waals surface area contributed by atoms with Crippen LogP contribution in [-0.2, 0) is 6.54 Å². The molecule has 64 valence electrons. The predicted molar refractivity (Wildman–Crippen MR) is 44.1 cm³/mol. The standard InChI is InChI=1S/C9H11FN2/c10-9-4-1-7(6-12-9)5-11-8-2-3-8/h1,4,6,8,11H,2-3,5H2. The van der Waals surface area contributed by atoms with E-state index in [1.807, 2.05) is 0 Å². The van der Waals surface area contributed by atoms with E-state index in [-0.39, 0.29) is 0 Å². The topological polar surface area (TPSA) is 24.9 Å². The number of pyridine rings is 1. The van der Waals surface area contributed by atoms with Crippen LogP contribution in [0, 0.1) is 5.95 Å². The van der Waals surface area contributed by atoms with Crippen LogP contribution in [0.2, 0.25) is 0 Å². The van der Waals surface area contributed by atoms with Crippen LogP contribution in [0.1, 0.15) is 18.4 Å². The Balaban J connectivity index is 1.89. The van der Waals surface area contributed by atoms with E-state index < -0.39 is 5.95 Å². The number of hydrogen-bond donors (Lipinski definition) is 1.